The third-order valence-corrected chi connectivity index (χ3v) is 1.67. The summed E-state index contributed by atoms with van der Waals surface area (Å²) in [6, 6.07) is 7.46. The lowest BCUT2D eigenvalue weighted by atomic mass is 10.1. The minimum Gasteiger partial charge on any atom is -0.397 e. The molecule has 4 heteroatoms. The molecular formula is C8H9N3O. The molecule has 0 saturated heterocycles. The highest BCUT2D eigenvalue weighted by molar-refractivity contribution is 5.68. The van der Waals surface area contributed by atoms with Crippen molar-refractivity contribution in [1.82, 2.24) is 5.17 Å². The smallest absolute Gasteiger partial charge is 0.166 e. The summed E-state index contributed by atoms with van der Waals surface area (Å²) in [5, 5.41) is 1.09. The summed E-state index contributed by atoms with van der Waals surface area (Å²) in [6.07, 6.45) is 1.53. The highest BCUT2D eigenvalue weighted by Crippen LogP contribution is 2.26. The van der Waals surface area contributed by atoms with Gasteiger partial charge in [0.1, 0.15) is 0 Å². The van der Waals surface area contributed by atoms with Crippen molar-refractivity contribution in [1.29, 1.82) is 0 Å². The molecule has 1 aliphatic heterocycles. The molecular weight excluding hydrogens is 154 g/mol. The van der Waals surface area contributed by atoms with Gasteiger partial charge in [0.2, 0.25) is 0 Å². The number of rotatable bonds is 0. The maximum atomic E-state index is 5.70. The lowest BCUT2D eigenvalue weighted by Crippen LogP contribution is -2.32. The fraction of sp³-hybridized carbons (Fsp3) is 0. The van der Waals surface area contributed by atoms with Crippen molar-refractivity contribution in [2.24, 2.45) is 11.6 Å². The molecule has 0 amide bonds. The van der Waals surface area contributed by atoms with Gasteiger partial charge in [-0.1, -0.05) is 12.1 Å². The Labute approximate surface area is 69.9 Å². The van der Waals surface area contributed by atoms with Gasteiger partial charge >= 0.3 is 0 Å². The van der Waals surface area contributed by atoms with Gasteiger partial charge in [-0.25, -0.2) is 5.84 Å². The molecule has 0 spiro atoms. The number of hydrogen-bond donors (Lipinski definition) is 2. The Balaban J connectivity index is 2.53. The van der Waals surface area contributed by atoms with E-state index < -0.39 is 0 Å². The standard InChI is InChI=1S/C8H9N3O/c9-7-5-11(10)12-8-4-2-1-3-6(7)8/h1-5H,9-10H2. The van der Waals surface area contributed by atoms with E-state index in [9.17, 15) is 0 Å². The van der Waals surface area contributed by atoms with E-state index in [1.807, 2.05) is 24.3 Å². The molecule has 0 fully saturated rings. The Morgan fingerprint density at radius 3 is 2.83 bits per heavy atom. The summed E-state index contributed by atoms with van der Waals surface area (Å²) in [5.74, 6) is 6.08. The zero-order valence-corrected chi connectivity index (χ0v) is 6.40. The van der Waals surface area contributed by atoms with Gasteiger partial charge < -0.3 is 10.6 Å². The van der Waals surface area contributed by atoms with E-state index >= 15 is 0 Å². The largest absolute Gasteiger partial charge is 0.397 e. The van der Waals surface area contributed by atoms with Crippen molar-refractivity contribution >= 4 is 5.70 Å². The average Bonchev–Trinajstić information content (AvgIpc) is 2.04. The Morgan fingerprint density at radius 1 is 1.25 bits per heavy atom. The van der Waals surface area contributed by atoms with E-state index in [0.717, 1.165) is 10.7 Å². The van der Waals surface area contributed by atoms with Crippen LogP contribution in [0, 0.1) is 0 Å². The van der Waals surface area contributed by atoms with E-state index in [1.54, 1.807) is 0 Å². The average molecular weight is 163 g/mol. The second-order valence-electron chi connectivity index (χ2n) is 2.53. The maximum Gasteiger partial charge on any atom is 0.166 e. The predicted molar refractivity (Wildman–Crippen MR) is 45.3 cm³/mol. The Bertz CT molecular complexity index is 335. The number of hydroxylamine groups is 1. The van der Waals surface area contributed by atoms with Crippen LogP contribution in [0.25, 0.3) is 5.70 Å². The number of para-hydroxylation sites is 1. The van der Waals surface area contributed by atoms with Crippen LogP contribution in [0.4, 0.5) is 0 Å². The first-order valence-corrected chi connectivity index (χ1v) is 3.56. The number of hydrazine groups is 1. The van der Waals surface area contributed by atoms with Crippen LogP contribution in [0.5, 0.6) is 5.75 Å². The van der Waals surface area contributed by atoms with Gasteiger partial charge in [0.15, 0.2) is 5.75 Å². The first-order chi connectivity index (χ1) is 5.77. The molecule has 2 rings (SSSR count). The highest BCUT2D eigenvalue weighted by Gasteiger charge is 2.13. The first-order valence-electron chi connectivity index (χ1n) is 3.56. The van der Waals surface area contributed by atoms with Gasteiger partial charge in [0, 0.05) is 5.56 Å². The van der Waals surface area contributed by atoms with Gasteiger partial charge in [-0.3, -0.25) is 0 Å². The topological polar surface area (TPSA) is 64.5 Å². The molecule has 1 aromatic carbocycles. The van der Waals surface area contributed by atoms with Crippen molar-refractivity contribution in [2.75, 3.05) is 0 Å². The predicted octanol–water partition coefficient (Wildman–Crippen LogP) is 0.427. The van der Waals surface area contributed by atoms with Crippen molar-refractivity contribution < 1.29 is 4.84 Å². The van der Waals surface area contributed by atoms with Gasteiger partial charge in [-0.05, 0) is 12.1 Å². The molecule has 62 valence electrons. The lowest BCUT2D eigenvalue weighted by Gasteiger charge is -2.22. The van der Waals surface area contributed by atoms with Gasteiger partial charge in [-0.15, -0.1) is 5.17 Å². The second-order valence-corrected chi connectivity index (χ2v) is 2.53. The van der Waals surface area contributed by atoms with Gasteiger partial charge in [0.05, 0.1) is 11.9 Å². The quantitative estimate of drug-likeness (QED) is 0.544. The molecule has 12 heavy (non-hydrogen) atoms. The number of hydrogen-bond acceptors (Lipinski definition) is 4. The van der Waals surface area contributed by atoms with Crippen LogP contribution < -0.4 is 16.4 Å². The Hall–Kier alpha value is -1.68. The van der Waals surface area contributed by atoms with Crippen LogP contribution in [0.1, 0.15) is 5.56 Å². The van der Waals surface area contributed by atoms with Crippen LogP contribution in [0.3, 0.4) is 0 Å². The summed E-state index contributed by atoms with van der Waals surface area (Å²) >= 11 is 0. The number of fused-ring (bicyclic) bond motifs is 1. The molecule has 4 N–H and O–H groups in total. The van der Waals surface area contributed by atoms with E-state index in [1.165, 1.54) is 6.20 Å². The monoisotopic (exact) mass is 163 g/mol. The summed E-state index contributed by atoms with van der Waals surface area (Å²) in [4.78, 5) is 5.16. The summed E-state index contributed by atoms with van der Waals surface area (Å²) < 4.78 is 0. The Kier molecular flexibility index (Phi) is 1.41. The summed E-state index contributed by atoms with van der Waals surface area (Å²) in [6.45, 7) is 0. The van der Waals surface area contributed by atoms with Crippen LogP contribution in [-0.2, 0) is 0 Å². The van der Waals surface area contributed by atoms with Crippen molar-refractivity contribution in [2.45, 2.75) is 0 Å². The van der Waals surface area contributed by atoms with Crippen LogP contribution in [0.15, 0.2) is 30.5 Å². The molecule has 4 nitrogen and oxygen atoms in total. The van der Waals surface area contributed by atoms with E-state index in [4.69, 9.17) is 16.4 Å². The molecule has 0 bridgehead atoms. The Morgan fingerprint density at radius 2 is 2.00 bits per heavy atom. The third kappa shape index (κ3) is 0.981. The molecule has 0 aliphatic carbocycles. The lowest BCUT2D eigenvalue weighted by molar-refractivity contribution is -0.0116. The highest BCUT2D eigenvalue weighted by atomic mass is 16.7. The minimum absolute atomic E-state index is 0.611. The second kappa shape index (κ2) is 2.42. The molecule has 0 aromatic heterocycles. The molecule has 0 atom stereocenters. The van der Waals surface area contributed by atoms with Crippen LogP contribution in [0.2, 0.25) is 0 Å². The zero-order chi connectivity index (χ0) is 8.55. The van der Waals surface area contributed by atoms with Crippen molar-refractivity contribution in [3.05, 3.63) is 36.0 Å². The SMILES string of the molecule is NC1=CN(N)Oc2ccccc21. The number of nitrogens with zero attached hydrogens (tertiary/aromatic N) is 1. The normalized spacial score (nSPS) is 14.8. The molecule has 1 aromatic rings. The minimum atomic E-state index is 0.611. The molecule has 1 aliphatic rings. The van der Waals surface area contributed by atoms with E-state index in [-0.39, 0.29) is 0 Å². The fourth-order valence-corrected chi connectivity index (χ4v) is 1.13. The van der Waals surface area contributed by atoms with E-state index in [0.29, 0.717) is 11.4 Å². The van der Waals surface area contributed by atoms with Crippen LogP contribution in [-0.4, -0.2) is 5.17 Å². The molecule has 0 radical (unpaired) electrons. The van der Waals surface area contributed by atoms with Crippen molar-refractivity contribution in [3.8, 4) is 5.75 Å². The molecule has 0 saturated carbocycles. The van der Waals surface area contributed by atoms with E-state index in [2.05, 4.69) is 0 Å². The number of nitrogens with two attached hydrogens (primary N) is 2. The van der Waals surface area contributed by atoms with Gasteiger partial charge in [0.25, 0.3) is 0 Å². The maximum absolute atomic E-state index is 5.70. The number of benzene rings is 1. The summed E-state index contributed by atoms with van der Waals surface area (Å²) in [5.41, 5.74) is 7.18. The van der Waals surface area contributed by atoms with Gasteiger partial charge in [-0.2, -0.15) is 0 Å². The molecule has 0 unspecified atom stereocenters. The van der Waals surface area contributed by atoms with Crippen molar-refractivity contribution in [3.63, 3.8) is 0 Å². The third-order valence-electron chi connectivity index (χ3n) is 1.67. The molecule has 1 heterocycles. The zero-order valence-electron chi connectivity index (χ0n) is 6.40. The summed E-state index contributed by atoms with van der Waals surface area (Å²) in [7, 11) is 0. The fourth-order valence-electron chi connectivity index (χ4n) is 1.13. The first kappa shape index (κ1) is 7.00. The van der Waals surface area contributed by atoms with Crippen LogP contribution >= 0.6 is 0 Å².